The molecule has 1 saturated carbocycles. The second-order valence-corrected chi connectivity index (χ2v) is 4.91. The highest BCUT2D eigenvalue weighted by atomic mass is 16.5. The monoisotopic (exact) mass is 252 g/mol. The molecule has 18 heavy (non-hydrogen) atoms. The predicted molar refractivity (Wildman–Crippen MR) is 66.0 cm³/mol. The average molecular weight is 252 g/mol. The molecule has 0 amide bonds. The van der Waals surface area contributed by atoms with Crippen LogP contribution in [-0.4, -0.2) is 35.2 Å². The molecule has 1 aliphatic rings. The van der Waals surface area contributed by atoms with Crippen LogP contribution in [0.15, 0.2) is 4.52 Å². The fourth-order valence-corrected chi connectivity index (χ4v) is 2.20. The minimum absolute atomic E-state index is 0.186. The van der Waals surface area contributed by atoms with Crippen molar-refractivity contribution in [2.24, 2.45) is 0 Å². The molecule has 0 aliphatic heterocycles. The van der Waals surface area contributed by atoms with Gasteiger partial charge in [0.2, 0.25) is 0 Å². The first-order valence-corrected chi connectivity index (χ1v) is 6.30. The molecule has 1 aliphatic carbocycles. The molecule has 0 spiro atoms. The maximum Gasteiger partial charge on any atom is 0.322 e. The van der Waals surface area contributed by atoms with E-state index in [-0.39, 0.29) is 12.0 Å². The van der Waals surface area contributed by atoms with Crippen LogP contribution >= 0.6 is 0 Å². The molecule has 1 fully saturated rings. The van der Waals surface area contributed by atoms with E-state index >= 15 is 0 Å². The molecule has 100 valence electrons. The number of ether oxygens (including phenoxy) is 1. The lowest BCUT2D eigenvalue weighted by Crippen LogP contribution is -2.40. The van der Waals surface area contributed by atoms with E-state index in [0.717, 1.165) is 29.9 Å². The standard InChI is InChI=1S/C13H20N2O3/c1-8-12(10(3)18-14-8)7-15(11-5-6-11)9(2)13(16)17-4/h9,11H,5-7H2,1-4H3. The molecule has 2 rings (SSSR count). The lowest BCUT2D eigenvalue weighted by atomic mass is 10.1. The zero-order chi connectivity index (χ0) is 13.3. The highest BCUT2D eigenvalue weighted by molar-refractivity contribution is 5.75. The molecule has 0 saturated heterocycles. The van der Waals surface area contributed by atoms with E-state index < -0.39 is 0 Å². The van der Waals surface area contributed by atoms with Crippen LogP contribution in [0, 0.1) is 13.8 Å². The van der Waals surface area contributed by atoms with Gasteiger partial charge in [0.25, 0.3) is 0 Å². The third-order valence-electron chi connectivity index (χ3n) is 3.58. The van der Waals surface area contributed by atoms with Crippen LogP contribution < -0.4 is 0 Å². The smallest absolute Gasteiger partial charge is 0.322 e. The maximum absolute atomic E-state index is 11.7. The number of aromatic nitrogens is 1. The largest absolute Gasteiger partial charge is 0.468 e. The Morgan fingerprint density at radius 1 is 1.56 bits per heavy atom. The van der Waals surface area contributed by atoms with Gasteiger partial charge >= 0.3 is 5.97 Å². The van der Waals surface area contributed by atoms with Gasteiger partial charge in [0.05, 0.1) is 12.8 Å². The van der Waals surface area contributed by atoms with E-state index in [0.29, 0.717) is 12.6 Å². The molecule has 1 heterocycles. The Hall–Kier alpha value is -1.36. The normalized spacial score (nSPS) is 16.9. The van der Waals surface area contributed by atoms with Gasteiger partial charge in [-0.25, -0.2) is 0 Å². The summed E-state index contributed by atoms with van der Waals surface area (Å²) in [7, 11) is 1.43. The molecule has 1 aromatic rings. The fourth-order valence-electron chi connectivity index (χ4n) is 2.20. The van der Waals surface area contributed by atoms with Crippen molar-refractivity contribution in [3.63, 3.8) is 0 Å². The Morgan fingerprint density at radius 3 is 2.67 bits per heavy atom. The van der Waals surface area contributed by atoms with Gasteiger partial charge in [-0.15, -0.1) is 0 Å². The number of hydrogen-bond donors (Lipinski definition) is 0. The number of rotatable bonds is 5. The van der Waals surface area contributed by atoms with Gasteiger partial charge < -0.3 is 9.26 Å². The molecular formula is C13H20N2O3. The van der Waals surface area contributed by atoms with Crippen LogP contribution in [0.25, 0.3) is 0 Å². The Bertz CT molecular complexity index is 418. The van der Waals surface area contributed by atoms with Crippen molar-refractivity contribution < 1.29 is 14.1 Å². The van der Waals surface area contributed by atoms with Gasteiger partial charge in [-0.3, -0.25) is 9.69 Å². The van der Waals surface area contributed by atoms with E-state index in [2.05, 4.69) is 10.1 Å². The van der Waals surface area contributed by atoms with Crippen LogP contribution in [0.3, 0.4) is 0 Å². The molecule has 5 heteroatoms. The number of esters is 1. The van der Waals surface area contributed by atoms with Gasteiger partial charge in [-0.1, -0.05) is 5.16 Å². The van der Waals surface area contributed by atoms with E-state index in [1.54, 1.807) is 0 Å². The maximum atomic E-state index is 11.7. The van der Waals surface area contributed by atoms with Crippen molar-refractivity contribution in [1.29, 1.82) is 0 Å². The highest BCUT2D eigenvalue weighted by Gasteiger charge is 2.36. The van der Waals surface area contributed by atoms with Gasteiger partial charge in [0.1, 0.15) is 11.8 Å². The Balaban J connectivity index is 2.14. The molecular weight excluding hydrogens is 232 g/mol. The number of hydrogen-bond acceptors (Lipinski definition) is 5. The SMILES string of the molecule is COC(=O)C(C)N(Cc1c(C)noc1C)C1CC1. The van der Waals surface area contributed by atoms with Crippen molar-refractivity contribution in [2.75, 3.05) is 7.11 Å². The van der Waals surface area contributed by atoms with Gasteiger partial charge in [-0.05, 0) is 33.6 Å². The van der Waals surface area contributed by atoms with Crippen molar-refractivity contribution in [3.05, 3.63) is 17.0 Å². The van der Waals surface area contributed by atoms with E-state index in [1.165, 1.54) is 7.11 Å². The third-order valence-corrected chi connectivity index (χ3v) is 3.58. The summed E-state index contributed by atoms with van der Waals surface area (Å²) < 4.78 is 10.0. The molecule has 1 aromatic heterocycles. The summed E-state index contributed by atoms with van der Waals surface area (Å²) in [4.78, 5) is 13.9. The lowest BCUT2D eigenvalue weighted by Gasteiger charge is -2.26. The van der Waals surface area contributed by atoms with Crippen molar-refractivity contribution in [1.82, 2.24) is 10.1 Å². The summed E-state index contributed by atoms with van der Waals surface area (Å²) in [6.07, 6.45) is 2.29. The number of aryl methyl sites for hydroxylation is 2. The second kappa shape index (κ2) is 5.10. The summed E-state index contributed by atoms with van der Waals surface area (Å²) in [5.41, 5.74) is 1.98. The minimum Gasteiger partial charge on any atom is -0.468 e. The van der Waals surface area contributed by atoms with Crippen LogP contribution in [0.2, 0.25) is 0 Å². The van der Waals surface area contributed by atoms with Crippen LogP contribution in [0.5, 0.6) is 0 Å². The summed E-state index contributed by atoms with van der Waals surface area (Å²) in [5.74, 6) is 0.642. The van der Waals surface area contributed by atoms with Crippen LogP contribution in [0.4, 0.5) is 0 Å². The molecule has 0 radical (unpaired) electrons. The average Bonchev–Trinajstić information content (AvgIpc) is 3.14. The van der Waals surface area contributed by atoms with E-state index in [4.69, 9.17) is 9.26 Å². The summed E-state index contributed by atoms with van der Waals surface area (Å²) >= 11 is 0. The number of carbonyl (C=O) groups is 1. The predicted octanol–water partition coefficient (Wildman–Crippen LogP) is 1.82. The first-order valence-electron chi connectivity index (χ1n) is 6.30. The topological polar surface area (TPSA) is 55.6 Å². The molecule has 0 aromatic carbocycles. The van der Waals surface area contributed by atoms with Crippen molar-refractivity contribution in [2.45, 2.75) is 52.2 Å². The quantitative estimate of drug-likeness (QED) is 0.748. The lowest BCUT2D eigenvalue weighted by molar-refractivity contribution is -0.146. The Kier molecular flexibility index (Phi) is 3.71. The van der Waals surface area contributed by atoms with E-state index in [1.807, 2.05) is 20.8 Å². The third kappa shape index (κ3) is 2.56. The minimum atomic E-state index is -0.226. The van der Waals surface area contributed by atoms with Crippen LogP contribution in [0.1, 0.15) is 36.8 Å². The summed E-state index contributed by atoms with van der Waals surface area (Å²) in [6.45, 7) is 6.42. The number of carbonyl (C=O) groups excluding carboxylic acids is 1. The first kappa shape index (κ1) is 13.1. The van der Waals surface area contributed by atoms with Gasteiger partial charge in [-0.2, -0.15) is 0 Å². The Labute approximate surface area is 107 Å². The van der Waals surface area contributed by atoms with Crippen LogP contribution in [-0.2, 0) is 16.1 Å². The number of nitrogens with zero attached hydrogens (tertiary/aromatic N) is 2. The van der Waals surface area contributed by atoms with Gasteiger partial charge in [0, 0.05) is 18.2 Å². The second-order valence-electron chi connectivity index (χ2n) is 4.91. The van der Waals surface area contributed by atoms with Gasteiger partial charge in [0.15, 0.2) is 0 Å². The first-order chi connectivity index (χ1) is 8.54. The highest BCUT2D eigenvalue weighted by Crippen LogP contribution is 2.31. The summed E-state index contributed by atoms with van der Waals surface area (Å²) in [5, 5.41) is 3.96. The van der Waals surface area contributed by atoms with E-state index in [9.17, 15) is 4.79 Å². The zero-order valence-electron chi connectivity index (χ0n) is 11.4. The number of methoxy groups -OCH3 is 1. The fraction of sp³-hybridized carbons (Fsp3) is 0.692. The van der Waals surface area contributed by atoms with Crippen molar-refractivity contribution in [3.8, 4) is 0 Å². The molecule has 0 N–H and O–H groups in total. The molecule has 1 unspecified atom stereocenters. The Morgan fingerprint density at radius 2 is 2.22 bits per heavy atom. The zero-order valence-corrected chi connectivity index (χ0v) is 11.4. The molecule has 5 nitrogen and oxygen atoms in total. The summed E-state index contributed by atoms with van der Waals surface area (Å²) in [6, 6.07) is 0.254. The van der Waals surface area contributed by atoms with Crippen molar-refractivity contribution >= 4 is 5.97 Å². The molecule has 0 bridgehead atoms. The molecule has 1 atom stereocenters.